The van der Waals surface area contributed by atoms with Crippen molar-refractivity contribution in [3.05, 3.63) is 28.8 Å². The van der Waals surface area contributed by atoms with E-state index in [2.05, 4.69) is 4.84 Å². The topological polar surface area (TPSA) is 64.7 Å². The molecule has 0 aliphatic carbocycles. The minimum absolute atomic E-state index is 0.298. The highest BCUT2D eigenvalue weighted by atomic mass is 16.6. The summed E-state index contributed by atoms with van der Waals surface area (Å²) >= 11 is 0. The number of phenolic OH excluding ortho intramolecular Hbond substituents is 1. The van der Waals surface area contributed by atoms with E-state index in [9.17, 15) is 5.11 Å². The van der Waals surface area contributed by atoms with Crippen LogP contribution in [0.5, 0.6) is 5.75 Å². The number of phenols is 1. The number of hydrogen-bond donors (Lipinski definition) is 2. The Balaban J connectivity index is 2.23. The first kappa shape index (κ1) is 9.45. The number of rotatable bonds is 3. The van der Waals surface area contributed by atoms with E-state index in [-0.39, 0.29) is 0 Å². The fraction of sp³-hybridized carbons (Fsp3) is 0.400. The summed E-state index contributed by atoms with van der Waals surface area (Å²) < 4.78 is 5.26. The lowest BCUT2D eigenvalue weighted by Crippen LogP contribution is -2.04. The van der Waals surface area contributed by atoms with Crippen molar-refractivity contribution in [2.24, 2.45) is 5.90 Å². The van der Waals surface area contributed by atoms with Crippen LogP contribution in [0.1, 0.15) is 16.7 Å². The number of nitrogens with two attached hydrogens (primary N) is 1. The standard InChI is InChI=1S/C10H13NO3/c11-14-2-1-7-3-8-5-13-6-9(8)4-10(7)12/h3-4,12H,1-2,5-6,11H2. The highest BCUT2D eigenvalue weighted by Crippen LogP contribution is 2.28. The third-order valence-electron chi connectivity index (χ3n) is 2.41. The molecule has 0 unspecified atom stereocenters. The molecule has 0 aromatic heterocycles. The summed E-state index contributed by atoms with van der Waals surface area (Å²) in [7, 11) is 0. The van der Waals surface area contributed by atoms with Gasteiger partial charge in [-0.05, 0) is 28.8 Å². The van der Waals surface area contributed by atoms with Gasteiger partial charge < -0.3 is 14.7 Å². The first-order valence-electron chi connectivity index (χ1n) is 4.54. The predicted octanol–water partition coefficient (Wildman–Crippen LogP) is 0.855. The summed E-state index contributed by atoms with van der Waals surface area (Å²) in [6.07, 6.45) is 0.621. The lowest BCUT2D eigenvalue weighted by Gasteiger charge is -2.06. The van der Waals surface area contributed by atoms with Gasteiger partial charge in [-0.1, -0.05) is 0 Å². The molecule has 0 saturated carbocycles. The fourth-order valence-electron chi connectivity index (χ4n) is 1.64. The minimum atomic E-state index is 0.298. The third-order valence-corrected chi connectivity index (χ3v) is 2.41. The highest BCUT2D eigenvalue weighted by molar-refractivity contribution is 5.42. The molecule has 4 heteroatoms. The van der Waals surface area contributed by atoms with Crippen LogP contribution in [0.4, 0.5) is 0 Å². The second kappa shape index (κ2) is 3.96. The van der Waals surface area contributed by atoms with Crippen LogP contribution in [0.3, 0.4) is 0 Å². The maximum atomic E-state index is 9.65. The zero-order chi connectivity index (χ0) is 9.97. The molecule has 0 fully saturated rings. The number of ether oxygens (including phenoxy) is 1. The van der Waals surface area contributed by atoms with E-state index in [4.69, 9.17) is 10.6 Å². The van der Waals surface area contributed by atoms with Crippen molar-refractivity contribution in [1.82, 2.24) is 0 Å². The largest absolute Gasteiger partial charge is 0.508 e. The van der Waals surface area contributed by atoms with Crippen LogP contribution in [0, 0.1) is 0 Å². The molecule has 3 N–H and O–H groups in total. The molecule has 14 heavy (non-hydrogen) atoms. The van der Waals surface area contributed by atoms with Gasteiger partial charge in [0.1, 0.15) is 5.75 Å². The number of hydrogen-bond acceptors (Lipinski definition) is 4. The zero-order valence-corrected chi connectivity index (χ0v) is 7.82. The Kier molecular flexibility index (Phi) is 2.67. The molecule has 76 valence electrons. The monoisotopic (exact) mass is 195 g/mol. The molecule has 0 spiro atoms. The SMILES string of the molecule is NOCCc1cc2c(cc1O)COC2. The van der Waals surface area contributed by atoms with Crippen LogP contribution in [0.15, 0.2) is 12.1 Å². The quantitative estimate of drug-likeness (QED) is 0.702. The fourth-order valence-corrected chi connectivity index (χ4v) is 1.64. The maximum absolute atomic E-state index is 9.65. The maximum Gasteiger partial charge on any atom is 0.119 e. The van der Waals surface area contributed by atoms with Gasteiger partial charge in [-0.15, -0.1) is 0 Å². The first-order chi connectivity index (χ1) is 6.81. The molecule has 1 aromatic rings. The smallest absolute Gasteiger partial charge is 0.119 e. The number of benzene rings is 1. The lowest BCUT2D eigenvalue weighted by molar-refractivity contribution is 0.134. The van der Waals surface area contributed by atoms with E-state index in [1.807, 2.05) is 6.07 Å². The van der Waals surface area contributed by atoms with Crippen molar-refractivity contribution >= 4 is 0 Å². The van der Waals surface area contributed by atoms with Crippen molar-refractivity contribution in [2.45, 2.75) is 19.6 Å². The molecule has 0 radical (unpaired) electrons. The number of fused-ring (bicyclic) bond motifs is 1. The Morgan fingerprint density at radius 3 is 2.79 bits per heavy atom. The molecule has 1 heterocycles. The van der Waals surface area contributed by atoms with Gasteiger partial charge in [0, 0.05) is 6.42 Å². The lowest BCUT2D eigenvalue weighted by atomic mass is 10.0. The Hall–Kier alpha value is -1.10. The van der Waals surface area contributed by atoms with Crippen molar-refractivity contribution in [2.75, 3.05) is 6.61 Å². The molecule has 0 atom stereocenters. The summed E-state index contributed by atoms with van der Waals surface area (Å²) in [4.78, 5) is 4.48. The molecule has 1 aliphatic heterocycles. The summed E-state index contributed by atoms with van der Waals surface area (Å²) in [6.45, 7) is 1.63. The predicted molar refractivity (Wildman–Crippen MR) is 50.4 cm³/mol. The van der Waals surface area contributed by atoms with Crippen LogP contribution in [0.25, 0.3) is 0 Å². The summed E-state index contributed by atoms with van der Waals surface area (Å²) in [5.41, 5.74) is 3.08. The molecule has 2 rings (SSSR count). The van der Waals surface area contributed by atoms with E-state index >= 15 is 0 Å². The van der Waals surface area contributed by atoms with E-state index in [1.54, 1.807) is 6.07 Å². The summed E-state index contributed by atoms with van der Waals surface area (Å²) in [6, 6.07) is 3.71. The van der Waals surface area contributed by atoms with Crippen molar-refractivity contribution in [3.63, 3.8) is 0 Å². The molecular formula is C10H13NO3. The third kappa shape index (κ3) is 1.72. The van der Waals surface area contributed by atoms with Crippen LogP contribution in [0.2, 0.25) is 0 Å². The molecule has 1 aliphatic rings. The second-order valence-electron chi connectivity index (χ2n) is 3.36. The number of aromatic hydroxyl groups is 1. The highest BCUT2D eigenvalue weighted by Gasteiger charge is 2.14. The molecule has 1 aromatic carbocycles. The first-order valence-corrected chi connectivity index (χ1v) is 4.54. The Morgan fingerprint density at radius 2 is 2.07 bits per heavy atom. The zero-order valence-electron chi connectivity index (χ0n) is 7.82. The van der Waals surface area contributed by atoms with Gasteiger partial charge in [0.25, 0.3) is 0 Å². The normalized spacial score (nSPS) is 14.4. The van der Waals surface area contributed by atoms with Crippen molar-refractivity contribution in [3.8, 4) is 5.75 Å². The van der Waals surface area contributed by atoms with Gasteiger partial charge in [0.2, 0.25) is 0 Å². The molecular weight excluding hydrogens is 182 g/mol. The molecule has 0 saturated heterocycles. The van der Waals surface area contributed by atoms with Gasteiger partial charge in [-0.3, -0.25) is 0 Å². The van der Waals surface area contributed by atoms with Gasteiger partial charge in [-0.25, -0.2) is 5.90 Å². The molecule has 0 bridgehead atoms. The van der Waals surface area contributed by atoms with Gasteiger partial charge in [-0.2, -0.15) is 0 Å². The van der Waals surface area contributed by atoms with E-state index in [0.717, 1.165) is 16.7 Å². The van der Waals surface area contributed by atoms with Crippen LogP contribution in [-0.2, 0) is 29.2 Å². The van der Waals surface area contributed by atoms with Gasteiger partial charge >= 0.3 is 0 Å². The van der Waals surface area contributed by atoms with Crippen molar-refractivity contribution in [1.29, 1.82) is 0 Å². The Labute approximate surface area is 82.2 Å². The second-order valence-corrected chi connectivity index (χ2v) is 3.36. The van der Waals surface area contributed by atoms with Crippen molar-refractivity contribution < 1.29 is 14.7 Å². The van der Waals surface area contributed by atoms with Crippen LogP contribution in [-0.4, -0.2) is 11.7 Å². The average molecular weight is 195 g/mol. The molecule has 4 nitrogen and oxygen atoms in total. The van der Waals surface area contributed by atoms with Gasteiger partial charge in [0.05, 0.1) is 19.8 Å². The van der Waals surface area contributed by atoms with Crippen LogP contribution >= 0.6 is 0 Å². The Morgan fingerprint density at radius 1 is 1.36 bits per heavy atom. The minimum Gasteiger partial charge on any atom is -0.508 e. The average Bonchev–Trinajstić information content (AvgIpc) is 2.61. The van der Waals surface area contributed by atoms with E-state index in [1.165, 1.54) is 0 Å². The molecule has 0 amide bonds. The van der Waals surface area contributed by atoms with Crippen LogP contribution < -0.4 is 5.90 Å². The summed E-state index contributed by atoms with van der Waals surface area (Å²) in [5.74, 6) is 5.23. The Bertz CT molecular complexity index is 338. The van der Waals surface area contributed by atoms with E-state index in [0.29, 0.717) is 32.0 Å². The van der Waals surface area contributed by atoms with E-state index < -0.39 is 0 Å². The van der Waals surface area contributed by atoms with Gasteiger partial charge in [0.15, 0.2) is 0 Å². The summed E-state index contributed by atoms with van der Waals surface area (Å²) in [5, 5.41) is 9.65.